The van der Waals surface area contributed by atoms with Gasteiger partial charge in [0, 0.05) is 5.02 Å². The van der Waals surface area contributed by atoms with Crippen molar-refractivity contribution in [2.45, 2.75) is 20.0 Å². The summed E-state index contributed by atoms with van der Waals surface area (Å²) in [6.07, 6.45) is 1.30. The van der Waals surface area contributed by atoms with Crippen LogP contribution in [0.2, 0.25) is 5.02 Å². The Balaban J connectivity index is 1.73. The van der Waals surface area contributed by atoms with Crippen LogP contribution in [0.1, 0.15) is 19.4 Å². The predicted octanol–water partition coefficient (Wildman–Crippen LogP) is 3.20. The van der Waals surface area contributed by atoms with Crippen LogP contribution < -0.4 is 14.9 Å². The molecule has 2 aromatic carbocycles. The molecule has 148 valence electrons. The van der Waals surface area contributed by atoms with E-state index in [0.29, 0.717) is 16.5 Å². The lowest BCUT2D eigenvalue weighted by atomic mass is 10.2. The van der Waals surface area contributed by atoms with E-state index in [4.69, 9.17) is 25.8 Å². The third-order valence-corrected chi connectivity index (χ3v) is 3.41. The number of rotatable bonds is 9. The molecule has 1 N–H and O–H groups in total. The monoisotopic (exact) mass is 404 g/mol. The van der Waals surface area contributed by atoms with Gasteiger partial charge in [0.15, 0.2) is 13.2 Å². The first-order chi connectivity index (χ1) is 13.4. The highest BCUT2D eigenvalue weighted by Gasteiger charge is 2.06. The highest BCUT2D eigenvalue weighted by Crippen LogP contribution is 2.16. The zero-order valence-electron chi connectivity index (χ0n) is 15.6. The number of hydrogen-bond donors (Lipinski definition) is 1. The van der Waals surface area contributed by atoms with Crippen LogP contribution in [0.4, 0.5) is 0 Å². The number of ether oxygens (including phenoxy) is 3. The van der Waals surface area contributed by atoms with Gasteiger partial charge in [-0.1, -0.05) is 17.7 Å². The van der Waals surface area contributed by atoms with Gasteiger partial charge in [0.2, 0.25) is 0 Å². The molecule has 0 aliphatic rings. The summed E-state index contributed by atoms with van der Waals surface area (Å²) in [4.78, 5) is 23.2. The van der Waals surface area contributed by atoms with Crippen molar-refractivity contribution in [3.63, 3.8) is 0 Å². The van der Waals surface area contributed by atoms with Crippen molar-refractivity contribution in [2.24, 2.45) is 5.10 Å². The Morgan fingerprint density at radius 1 is 1.07 bits per heavy atom. The highest BCUT2D eigenvalue weighted by atomic mass is 35.5. The van der Waals surface area contributed by atoms with Gasteiger partial charge in [0.25, 0.3) is 5.91 Å². The lowest BCUT2D eigenvalue weighted by Crippen LogP contribution is -2.24. The Morgan fingerprint density at radius 3 is 2.46 bits per heavy atom. The molecular formula is C20H21ClN2O5. The first-order valence-corrected chi connectivity index (χ1v) is 8.93. The van der Waals surface area contributed by atoms with Gasteiger partial charge in [-0.25, -0.2) is 10.2 Å². The number of esters is 1. The Hall–Kier alpha value is -3.06. The number of nitrogens with zero attached hydrogens (tertiary/aromatic N) is 1. The molecule has 0 spiro atoms. The highest BCUT2D eigenvalue weighted by molar-refractivity contribution is 6.30. The van der Waals surface area contributed by atoms with Crippen molar-refractivity contribution in [1.29, 1.82) is 0 Å². The summed E-state index contributed by atoms with van der Waals surface area (Å²) in [6.45, 7) is 3.20. The van der Waals surface area contributed by atoms with Crippen LogP contribution in [0, 0.1) is 0 Å². The number of carbonyl (C=O) groups is 2. The van der Waals surface area contributed by atoms with Crippen LogP contribution in [0.25, 0.3) is 0 Å². The quantitative estimate of drug-likeness (QED) is 0.394. The van der Waals surface area contributed by atoms with E-state index in [9.17, 15) is 9.59 Å². The van der Waals surface area contributed by atoms with E-state index < -0.39 is 11.9 Å². The molecule has 0 unspecified atom stereocenters. The van der Waals surface area contributed by atoms with Crippen LogP contribution in [0.15, 0.2) is 53.6 Å². The molecular weight excluding hydrogens is 384 g/mol. The van der Waals surface area contributed by atoms with Gasteiger partial charge in [0.05, 0.1) is 12.3 Å². The molecule has 2 aromatic rings. The lowest BCUT2D eigenvalue weighted by Gasteiger charge is -2.09. The minimum atomic E-state index is -0.427. The minimum absolute atomic E-state index is 0.158. The third-order valence-electron chi connectivity index (χ3n) is 3.17. The summed E-state index contributed by atoms with van der Waals surface area (Å²) in [5.41, 5.74) is 3.11. The molecule has 0 saturated heterocycles. The molecule has 28 heavy (non-hydrogen) atoms. The second-order valence-corrected chi connectivity index (χ2v) is 6.37. The predicted molar refractivity (Wildman–Crippen MR) is 106 cm³/mol. The van der Waals surface area contributed by atoms with E-state index in [2.05, 4.69) is 10.5 Å². The van der Waals surface area contributed by atoms with Crippen LogP contribution >= 0.6 is 11.6 Å². The van der Waals surface area contributed by atoms with Gasteiger partial charge in [-0.2, -0.15) is 5.10 Å². The standard InChI is InChI=1S/C20H21ClN2O5/c1-14(2)28-20(25)13-27-17-8-6-15(7-9-17)11-22-23-19(24)12-26-18-5-3-4-16(21)10-18/h3-11,14H,12-13H2,1-2H3,(H,23,24)/b22-11-. The molecule has 1 amide bonds. The van der Waals surface area contributed by atoms with Gasteiger partial charge in [-0.05, 0) is 61.9 Å². The summed E-state index contributed by atoms with van der Waals surface area (Å²) in [7, 11) is 0. The molecule has 0 fully saturated rings. The van der Waals surface area contributed by atoms with Gasteiger partial charge in [0.1, 0.15) is 11.5 Å². The second kappa shape index (κ2) is 10.9. The fraction of sp³-hybridized carbons (Fsp3) is 0.250. The summed E-state index contributed by atoms with van der Waals surface area (Å²) in [5, 5.41) is 4.39. The molecule has 0 saturated carbocycles. The van der Waals surface area contributed by atoms with Crippen LogP contribution in [0.5, 0.6) is 11.5 Å². The van der Waals surface area contributed by atoms with Crippen molar-refractivity contribution in [3.05, 3.63) is 59.1 Å². The maximum absolute atomic E-state index is 11.7. The second-order valence-electron chi connectivity index (χ2n) is 5.94. The summed E-state index contributed by atoms with van der Waals surface area (Å²) in [6, 6.07) is 13.6. The van der Waals surface area contributed by atoms with Gasteiger partial charge >= 0.3 is 5.97 Å². The van der Waals surface area contributed by atoms with Crippen LogP contribution in [-0.2, 0) is 14.3 Å². The molecule has 0 radical (unpaired) electrons. The van der Waals surface area contributed by atoms with Gasteiger partial charge < -0.3 is 14.2 Å². The first-order valence-electron chi connectivity index (χ1n) is 8.55. The van der Waals surface area contributed by atoms with E-state index in [-0.39, 0.29) is 19.3 Å². The number of hydrogen-bond acceptors (Lipinski definition) is 6. The number of benzene rings is 2. The number of nitrogens with one attached hydrogen (secondary N) is 1. The summed E-state index contributed by atoms with van der Waals surface area (Å²) in [5.74, 6) is 0.194. The molecule has 0 aliphatic heterocycles. The smallest absolute Gasteiger partial charge is 0.344 e. The van der Waals surface area contributed by atoms with E-state index in [1.54, 1.807) is 62.4 Å². The Bertz CT molecular complexity index is 822. The third kappa shape index (κ3) is 8.09. The van der Waals surface area contributed by atoms with Crippen molar-refractivity contribution < 1.29 is 23.8 Å². The maximum Gasteiger partial charge on any atom is 0.344 e. The fourth-order valence-corrected chi connectivity index (χ4v) is 2.19. The number of amides is 1. The average molecular weight is 405 g/mol. The Kier molecular flexibility index (Phi) is 8.30. The summed E-state index contributed by atoms with van der Waals surface area (Å²) < 4.78 is 15.6. The molecule has 2 rings (SSSR count). The van der Waals surface area contributed by atoms with Gasteiger partial charge in [-0.15, -0.1) is 0 Å². The molecule has 0 aromatic heterocycles. The van der Waals surface area contributed by atoms with Crippen LogP contribution in [0.3, 0.4) is 0 Å². The lowest BCUT2D eigenvalue weighted by molar-refractivity contribution is -0.149. The number of carbonyl (C=O) groups excluding carboxylic acids is 2. The SMILES string of the molecule is CC(C)OC(=O)COc1ccc(/C=N\NC(=O)COc2cccc(Cl)c2)cc1. The average Bonchev–Trinajstić information content (AvgIpc) is 2.65. The zero-order chi connectivity index (χ0) is 20.4. The molecule has 7 nitrogen and oxygen atoms in total. The molecule has 0 bridgehead atoms. The Morgan fingerprint density at radius 2 is 1.79 bits per heavy atom. The van der Waals surface area contributed by atoms with Crippen LogP contribution in [-0.4, -0.2) is 37.4 Å². The normalized spacial score (nSPS) is 10.7. The molecule has 8 heteroatoms. The zero-order valence-corrected chi connectivity index (χ0v) is 16.3. The van der Waals surface area contributed by atoms with Crippen molar-refractivity contribution in [2.75, 3.05) is 13.2 Å². The van der Waals surface area contributed by atoms with Crippen molar-refractivity contribution >= 4 is 29.7 Å². The molecule has 0 heterocycles. The van der Waals surface area contributed by atoms with E-state index >= 15 is 0 Å². The minimum Gasteiger partial charge on any atom is -0.484 e. The summed E-state index contributed by atoms with van der Waals surface area (Å²) >= 11 is 5.84. The number of halogens is 1. The Labute approximate surface area is 168 Å². The molecule has 0 atom stereocenters. The first kappa shape index (κ1) is 21.2. The number of hydrazone groups is 1. The fourth-order valence-electron chi connectivity index (χ4n) is 2.01. The molecule has 0 aliphatic carbocycles. The largest absolute Gasteiger partial charge is 0.484 e. The van der Waals surface area contributed by atoms with E-state index in [1.165, 1.54) is 6.21 Å². The van der Waals surface area contributed by atoms with Crippen molar-refractivity contribution in [3.8, 4) is 11.5 Å². The topological polar surface area (TPSA) is 86.2 Å². The van der Waals surface area contributed by atoms with E-state index in [1.807, 2.05) is 0 Å². The van der Waals surface area contributed by atoms with Crippen molar-refractivity contribution in [1.82, 2.24) is 5.43 Å². The van der Waals surface area contributed by atoms with E-state index in [0.717, 1.165) is 5.56 Å². The van der Waals surface area contributed by atoms with Gasteiger partial charge in [-0.3, -0.25) is 4.79 Å². The maximum atomic E-state index is 11.7.